The molecule has 172 valence electrons. The van der Waals surface area contributed by atoms with E-state index >= 15 is 0 Å². The molecule has 3 rings (SSSR count). The topological polar surface area (TPSA) is 71.1 Å². The lowest BCUT2D eigenvalue weighted by Gasteiger charge is -2.22. The first-order valence-corrected chi connectivity index (χ1v) is 11.1. The van der Waals surface area contributed by atoms with Gasteiger partial charge in [-0.15, -0.1) is 0 Å². The number of benzene rings is 2. The second-order valence-electron chi connectivity index (χ2n) is 7.95. The Balaban J connectivity index is 1.40. The number of hydrogen-bond donors (Lipinski definition) is 1. The highest BCUT2D eigenvalue weighted by Gasteiger charge is 2.20. The first kappa shape index (κ1) is 23.6. The monoisotopic (exact) mass is 439 g/mol. The SMILES string of the molecule is COc1ccc(CCC(=O)N2CCCN(CC(=O)NCc3ccccc3OC)CC2)cc1. The maximum Gasteiger partial charge on any atom is 0.234 e. The molecule has 1 heterocycles. The third-order valence-electron chi connectivity index (χ3n) is 5.76. The van der Waals surface area contributed by atoms with Crippen molar-refractivity contribution in [1.82, 2.24) is 15.1 Å². The molecular formula is C25H33N3O4. The number of para-hydroxylation sites is 1. The Bertz CT molecular complexity index is 885. The van der Waals surface area contributed by atoms with Crippen molar-refractivity contribution < 1.29 is 19.1 Å². The molecule has 7 heteroatoms. The quantitative estimate of drug-likeness (QED) is 0.650. The summed E-state index contributed by atoms with van der Waals surface area (Å²) in [6.45, 7) is 3.68. The summed E-state index contributed by atoms with van der Waals surface area (Å²) in [4.78, 5) is 29.2. The van der Waals surface area contributed by atoms with Crippen molar-refractivity contribution in [1.29, 1.82) is 0 Å². The van der Waals surface area contributed by atoms with Gasteiger partial charge >= 0.3 is 0 Å². The molecule has 2 aromatic rings. The van der Waals surface area contributed by atoms with E-state index in [9.17, 15) is 9.59 Å². The van der Waals surface area contributed by atoms with Crippen LogP contribution >= 0.6 is 0 Å². The van der Waals surface area contributed by atoms with Gasteiger partial charge in [0.1, 0.15) is 11.5 Å². The fourth-order valence-electron chi connectivity index (χ4n) is 3.88. The average molecular weight is 440 g/mol. The Morgan fingerprint density at radius 2 is 1.72 bits per heavy atom. The zero-order valence-electron chi connectivity index (χ0n) is 19.0. The van der Waals surface area contributed by atoms with Crippen LogP contribution in [-0.2, 0) is 22.6 Å². The molecule has 1 aliphatic heterocycles. The summed E-state index contributed by atoms with van der Waals surface area (Å²) in [6.07, 6.45) is 2.08. The minimum atomic E-state index is -0.0183. The third kappa shape index (κ3) is 6.99. The summed E-state index contributed by atoms with van der Waals surface area (Å²) >= 11 is 0. The van der Waals surface area contributed by atoms with E-state index in [1.54, 1.807) is 14.2 Å². The maximum absolute atomic E-state index is 12.7. The van der Waals surface area contributed by atoms with Gasteiger partial charge in [-0.2, -0.15) is 0 Å². The number of hydrogen-bond acceptors (Lipinski definition) is 5. The summed E-state index contributed by atoms with van der Waals surface area (Å²) in [5, 5.41) is 2.97. The highest BCUT2D eigenvalue weighted by Crippen LogP contribution is 2.17. The van der Waals surface area contributed by atoms with E-state index in [0.717, 1.165) is 42.1 Å². The fourth-order valence-corrected chi connectivity index (χ4v) is 3.88. The molecule has 1 aliphatic rings. The minimum absolute atomic E-state index is 0.0183. The molecule has 2 amide bonds. The molecule has 0 bridgehead atoms. The number of methoxy groups -OCH3 is 2. The highest BCUT2D eigenvalue weighted by atomic mass is 16.5. The number of aryl methyl sites for hydroxylation is 1. The van der Waals surface area contributed by atoms with Crippen molar-refractivity contribution in [2.75, 3.05) is 46.9 Å². The lowest BCUT2D eigenvalue weighted by molar-refractivity contribution is -0.131. The summed E-state index contributed by atoms with van der Waals surface area (Å²) in [5.41, 5.74) is 2.08. The van der Waals surface area contributed by atoms with Gasteiger partial charge in [0.05, 0.1) is 20.8 Å². The van der Waals surface area contributed by atoms with Gasteiger partial charge in [0.25, 0.3) is 0 Å². The van der Waals surface area contributed by atoms with Crippen molar-refractivity contribution >= 4 is 11.8 Å². The smallest absolute Gasteiger partial charge is 0.234 e. The second-order valence-corrected chi connectivity index (χ2v) is 7.95. The Kier molecular flexibility index (Phi) is 8.92. The zero-order valence-corrected chi connectivity index (χ0v) is 19.0. The largest absolute Gasteiger partial charge is 0.497 e. The first-order chi connectivity index (χ1) is 15.6. The normalized spacial score (nSPS) is 14.5. The van der Waals surface area contributed by atoms with Crippen molar-refractivity contribution in [2.24, 2.45) is 0 Å². The van der Waals surface area contributed by atoms with Crippen LogP contribution in [0.4, 0.5) is 0 Å². The van der Waals surface area contributed by atoms with Gasteiger partial charge in [0, 0.05) is 44.7 Å². The summed E-state index contributed by atoms with van der Waals surface area (Å²) < 4.78 is 10.5. The number of nitrogens with one attached hydrogen (secondary N) is 1. The number of carbonyl (C=O) groups is 2. The van der Waals surface area contributed by atoms with Crippen molar-refractivity contribution in [3.05, 3.63) is 59.7 Å². The Hall–Kier alpha value is -3.06. The highest BCUT2D eigenvalue weighted by molar-refractivity contribution is 5.78. The molecule has 0 aliphatic carbocycles. The van der Waals surface area contributed by atoms with Crippen LogP contribution in [0.5, 0.6) is 11.5 Å². The Labute approximate surface area is 190 Å². The van der Waals surface area contributed by atoms with E-state index in [2.05, 4.69) is 10.2 Å². The van der Waals surface area contributed by atoms with Gasteiger partial charge in [-0.3, -0.25) is 14.5 Å². The standard InChI is InChI=1S/C25H33N3O4/c1-31-22-11-8-20(9-12-22)10-13-25(30)28-15-5-14-27(16-17-28)19-24(29)26-18-21-6-3-4-7-23(21)32-2/h3-4,6-9,11-12H,5,10,13-19H2,1-2H3,(H,26,29). The van der Waals surface area contributed by atoms with Crippen LogP contribution in [0.1, 0.15) is 24.0 Å². The summed E-state index contributed by atoms with van der Waals surface area (Å²) in [5.74, 6) is 1.74. The van der Waals surface area contributed by atoms with Crippen LogP contribution in [0.3, 0.4) is 0 Å². The van der Waals surface area contributed by atoms with Crippen LogP contribution in [0.15, 0.2) is 48.5 Å². The summed E-state index contributed by atoms with van der Waals surface area (Å²) in [7, 11) is 3.27. The lowest BCUT2D eigenvalue weighted by Crippen LogP contribution is -2.40. The molecule has 7 nitrogen and oxygen atoms in total. The van der Waals surface area contributed by atoms with Crippen LogP contribution in [-0.4, -0.2) is 68.6 Å². The number of rotatable bonds is 9. The second kappa shape index (κ2) is 12.1. The Morgan fingerprint density at radius 3 is 2.47 bits per heavy atom. The molecule has 1 saturated heterocycles. The molecule has 0 radical (unpaired) electrons. The van der Waals surface area contributed by atoms with Gasteiger partial charge < -0.3 is 19.7 Å². The Morgan fingerprint density at radius 1 is 0.938 bits per heavy atom. The van der Waals surface area contributed by atoms with E-state index in [1.165, 1.54) is 0 Å². The van der Waals surface area contributed by atoms with E-state index in [0.29, 0.717) is 39.0 Å². The third-order valence-corrected chi connectivity index (χ3v) is 5.76. The van der Waals surface area contributed by atoms with E-state index in [4.69, 9.17) is 9.47 Å². The van der Waals surface area contributed by atoms with Gasteiger partial charge in [-0.25, -0.2) is 0 Å². The molecule has 1 N–H and O–H groups in total. The molecule has 0 aromatic heterocycles. The number of carbonyl (C=O) groups excluding carboxylic acids is 2. The molecule has 1 fully saturated rings. The van der Waals surface area contributed by atoms with Crippen molar-refractivity contribution in [2.45, 2.75) is 25.8 Å². The molecular weight excluding hydrogens is 406 g/mol. The maximum atomic E-state index is 12.7. The van der Waals surface area contributed by atoms with Crippen LogP contribution in [0.2, 0.25) is 0 Å². The van der Waals surface area contributed by atoms with Gasteiger partial charge in [-0.1, -0.05) is 30.3 Å². The number of ether oxygens (including phenoxy) is 2. The number of nitrogens with zero attached hydrogens (tertiary/aromatic N) is 2. The van der Waals surface area contributed by atoms with Gasteiger partial charge in [0.2, 0.25) is 11.8 Å². The summed E-state index contributed by atoms with van der Waals surface area (Å²) in [6, 6.07) is 15.5. The molecule has 0 saturated carbocycles. The molecule has 0 atom stereocenters. The predicted octanol–water partition coefficient (Wildman–Crippen LogP) is 2.49. The fraction of sp³-hybridized carbons (Fsp3) is 0.440. The number of amides is 2. The molecule has 32 heavy (non-hydrogen) atoms. The molecule has 0 unspecified atom stereocenters. The van der Waals surface area contributed by atoms with Crippen LogP contribution < -0.4 is 14.8 Å². The molecule has 0 spiro atoms. The average Bonchev–Trinajstić information content (AvgIpc) is 3.07. The van der Waals surface area contributed by atoms with Crippen LogP contribution in [0.25, 0.3) is 0 Å². The van der Waals surface area contributed by atoms with Crippen molar-refractivity contribution in [3.8, 4) is 11.5 Å². The van der Waals surface area contributed by atoms with E-state index in [1.807, 2.05) is 53.4 Å². The van der Waals surface area contributed by atoms with E-state index in [-0.39, 0.29) is 11.8 Å². The van der Waals surface area contributed by atoms with Crippen molar-refractivity contribution in [3.63, 3.8) is 0 Å². The lowest BCUT2D eigenvalue weighted by atomic mass is 10.1. The molecule has 2 aromatic carbocycles. The van der Waals surface area contributed by atoms with Gasteiger partial charge in [-0.05, 0) is 36.6 Å². The van der Waals surface area contributed by atoms with E-state index < -0.39 is 0 Å². The first-order valence-electron chi connectivity index (χ1n) is 11.1. The van der Waals surface area contributed by atoms with Crippen LogP contribution in [0, 0.1) is 0 Å². The predicted molar refractivity (Wildman–Crippen MR) is 124 cm³/mol. The van der Waals surface area contributed by atoms with Gasteiger partial charge in [0.15, 0.2) is 0 Å². The minimum Gasteiger partial charge on any atom is -0.497 e. The zero-order chi connectivity index (χ0) is 22.8.